The highest BCUT2D eigenvalue weighted by molar-refractivity contribution is 9.10. The van der Waals surface area contributed by atoms with Crippen LogP contribution in [0.3, 0.4) is 0 Å². The molecule has 0 saturated heterocycles. The Kier molecular flexibility index (Phi) is 3.70. The summed E-state index contributed by atoms with van der Waals surface area (Å²) in [6.45, 7) is 0.317. The van der Waals surface area contributed by atoms with Gasteiger partial charge in [-0.05, 0) is 23.8 Å². The van der Waals surface area contributed by atoms with Crippen LogP contribution >= 0.6 is 15.9 Å². The molecule has 0 aliphatic rings. The Bertz CT molecular complexity index is 626. The molecule has 0 unspecified atom stereocenters. The van der Waals surface area contributed by atoms with Gasteiger partial charge in [0.25, 0.3) is 0 Å². The van der Waals surface area contributed by atoms with E-state index < -0.39 is 4.92 Å². The van der Waals surface area contributed by atoms with E-state index in [4.69, 9.17) is 10.5 Å². The Morgan fingerprint density at radius 2 is 2.32 bits per heavy atom. The summed E-state index contributed by atoms with van der Waals surface area (Å²) in [6.07, 6.45) is 1.14. The van der Waals surface area contributed by atoms with E-state index in [2.05, 4.69) is 21.0 Å². The highest BCUT2D eigenvalue weighted by atomic mass is 79.9. The quantitative estimate of drug-likeness (QED) is 0.686. The number of nitrogens with zero attached hydrogens (tertiary/aromatic N) is 3. The van der Waals surface area contributed by atoms with Crippen molar-refractivity contribution in [1.82, 2.24) is 9.78 Å². The van der Waals surface area contributed by atoms with Gasteiger partial charge >= 0.3 is 5.69 Å². The van der Waals surface area contributed by atoms with Crippen molar-refractivity contribution in [2.75, 3.05) is 12.8 Å². The number of hydrogen-bond acceptors (Lipinski definition) is 5. The monoisotopic (exact) mass is 326 g/mol. The minimum atomic E-state index is -0.556. The molecule has 7 nitrogen and oxygen atoms in total. The number of halogens is 1. The fraction of sp³-hybridized carbons (Fsp3) is 0.182. The molecular weight excluding hydrogens is 316 g/mol. The van der Waals surface area contributed by atoms with Crippen LogP contribution in [0, 0.1) is 10.1 Å². The Morgan fingerprint density at radius 1 is 1.58 bits per heavy atom. The number of rotatable bonds is 4. The van der Waals surface area contributed by atoms with Gasteiger partial charge in [0.05, 0.1) is 18.6 Å². The Labute approximate surface area is 117 Å². The summed E-state index contributed by atoms with van der Waals surface area (Å²) in [5.41, 5.74) is 6.35. The molecule has 0 atom stereocenters. The lowest BCUT2D eigenvalue weighted by molar-refractivity contribution is -0.384. The van der Waals surface area contributed by atoms with E-state index in [9.17, 15) is 10.1 Å². The van der Waals surface area contributed by atoms with E-state index in [1.807, 2.05) is 18.2 Å². The van der Waals surface area contributed by atoms with Gasteiger partial charge < -0.3 is 10.5 Å². The molecule has 1 aromatic heterocycles. The molecule has 0 aliphatic heterocycles. The lowest BCUT2D eigenvalue weighted by atomic mass is 10.2. The van der Waals surface area contributed by atoms with Gasteiger partial charge in [-0.2, -0.15) is 5.10 Å². The van der Waals surface area contributed by atoms with Gasteiger partial charge in [-0.3, -0.25) is 10.1 Å². The molecule has 0 saturated carbocycles. The largest absolute Gasteiger partial charge is 0.497 e. The average Bonchev–Trinajstić information content (AvgIpc) is 2.74. The number of nitrogens with two attached hydrogens (primary N) is 1. The number of anilines is 1. The van der Waals surface area contributed by atoms with Crippen LogP contribution in [0.2, 0.25) is 0 Å². The topological polar surface area (TPSA) is 96.2 Å². The normalized spacial score (nSPS) is 10.4. The SMILES string of the molecule is COc1ccc(Br)c(Cn2ncc([N+](=O)[O-])c2N)c1. The van der Waals surface area contributed by atoms with Crippen LogP contribution in [0.5, 0.6) is 5.75 Å². The molecule has 0 amide bonds. The van der Waals surface area contributed by atoms with E-state index in [-0.39, 0.29) is 11.5 Å². The molecule has 19 heavy (non-hydrogen) atoms. The van der Waals surface area contributed by atoms with Crippen molar-refractivity contribution in [2.24, 2.45) is 0 Å². The molecule has 1 heterocycles. The van der Waals surface area contributed by atoms with Crippen LogP contribution in [0.25, 0.3) is 0 Å². The van der Waals surface area contributed by atoms with Crippen molar-refractivity contribution >= 4 is 27.4 Å². The van der Waals surface area contributed by atoms with Gasteiger partial charge in [0.2, 0.25) is 5.82 Å². The Morgan fingerprint density at radius 3 is 2.89 bits per heavy atom. The molecule has 0 radical (unpaired) electrons. The van der Waals surface area contributed by atoms with Gasteiger partial charge in [0.15, 0.2) is 0 Å². The third kappa shape index (κ3) is 2.68. The van der Waals surface area contributed by atoms with Gasteiger partial charge in [0.1, 0.15) is 11.9 Å². The molecular formula is C11H11BrN4O3. The van der Waals surface area contributed by atoms with E-state index in [1.54, 1.807) is 7.11 Å². The summed E-state index contributed by atoms with van der Waals surface area (Å²) in [4.78, 5) is 10.1. The molecule has 0 spiro atoms. The fourth-order valence-corrected chi connectivity index (χ4v) is 1.98. The number of nitro groups is 1. The molecule has 0 aliphatic carbocycles. The van der Waals surface area contributed by atoms with Gasteiger partial charge in [-0.1, -0.05) is 15.9 Å². The zero-order valence-electron chi connectivity index (χ0n) is 10.0. The highest BCUT2D eigenvalue weighted by Crippen LogP contribution is 2.26. The number of nitrogen functional groups attached to an aromatic ring is 1. The van der Waals surface area contributed by atoms with Crippen LogP contribution in [0.1, 0.15) is 5.56 Å². The summed E-state index contributed by atoms with van der Waals surface area (Å²) >= 11 is 3.41. The smallest absolute Gasteiger partial charge is 0.330 e. The molecule has 2 N–H and O–H groups in total. The molecule has 100 valence electrons. The van der Waals surface area contributed by atoms with Crippen LogP contribution < -0.4 is 10.5 Å². The first kappa shape index (κ1) is 13.3. The minimum absolute atomic E-state index is 0.0275. The van der Waals surface area contributed by atoms with E-state index in [0.717, 1.165) is 16.2 Å². The van der Waals surface area contributed by atoms with Crippen LogP contribution in [0.4, 0.5) is 11.5 Å². The van der Waals surface area contributed by atoms with Crippen molar-refractivity contribution in [3.05, 3.63) is 44.5 Å². The van der Waals surface area contributed by atoms with Crippen LogP contribution in [0.15, 0.2) is 28.9 Å². The molecule has 2 rings (SSSR count). The van der Waals surface area contributed by atoms with E-state index in [0.29, 0.717) is 12.3 Å². The van der Waals surface area contributed by atoms with Crippen molar-refractivity contribution in [1.29, 1.82) is 0 Å². The van der Waals surface area contributed by atoms with Crippen molar-refractivity contribution in [3.8, 4) is 5.75 Å². The number of methoxy groups -OCH3 is 1. The summed E-state index contributed by atoms with van der Waals surface area (Å²) in [6, 6.07) is 5.46. The first-order valence-corrected chi connectivity index (χ1v) is 6.10. The lowest BCUT2D eigenvalue weighted by Crippen LogP contribution is -2.07. The summed E-state index contributed by atoms with van der Waals surface area (Å²) < 4.78 is 7.36. The molecule has 1 aromatic carbocycles. The minimum Gasteiger partial charge on any atom is -0.497 e. The zero-order valence-corrected chi connectivity index (χ0v) is 11.6. The number of aromatic nitrogens is 2. The highest BCUT2D eigenvalue weighted by Gasteiger charge is 2.18. The number of hydrogen-bond donors (Lipinski definition) is 1. The van der Waals surface area contributed by atoms with Gasteiger partial charge in [-0.25, -0.2) is 4.68 Å². The van der Waals surface area contributed by atoms with Gasteiger partial charge in [0, 0.05) is 4.47 Å². The standard InChI is InChI=1S/C11H11BrN4O3/c1-19-8-2-3-9(12)7(4-8)6-15-11(13)10(5-14-15)16(17)18/h2-5H,6,13H2,1H3. The van der Waals surface area contributed by atoms with Crippen molar-refractivity contribution < 1.29 is 9.66 Å². The summed E-state index contributed by atoms with van der Waals surface area (Å²) in [5.74, 6) is 0.721. The summed E-state index contributed by atoms with van der Waals surface area (Å²) in [5, 5.41) is 14.6. The van der Waals surface area contributed by atoms with Crippen molar-refractivity contribution in [3.63, 3.8) is 0 Å². The predicted octanol–water partition coefficient (Wildman–Crippen LogP) is 2.19. The van der Waals surface area contributed by atoms with E-state index >= 15 is 0 Å². The third-order valence-electron chi connectivity index (χ3n) is 2.63. The molecule has 8 heteroatoms. The van der Waals surface area contributed by atoms with Crippen LogP contribution in [-0.2, 0) is 6.54 Å². The first-order chi connectivity index (χ1) is 9.02. The number of benzene rings is 1. The van der Waals surface area contributed by atoms with E-state index in [1.165, 1.54) is 4.68 Å². The molecule has 2 aromatic rings. The second kappa shape index (κ2) is 5.27. The predicted molar refractivity (Wildman–Crippen MR) is 73.1 cm³/mol. The Balaban J connectivity index is 2.33. The lowest BCUT2D eigenvalue weighted by Gasteiger charge is -2.08. The number of ether oxygens (including phenoxy) is 1. The van der Waals surface area contributed by atoms with Crippen molar-refractivity contribution in [2.45, 2.75) is 6.54 Å². The maximum atomic E-state index is 10.7. The van der Waals surface area contributed by atoms with Crippen LogP contribution in [-0.4, -0.2) is 21.8 Å². The first-order valence-electron chi connectivity index (χ1n) is 5.31. The maximum absolute atomic E-state index is 10.7. The maximum Gasteiger partial charge on any atom is 0.330 e. The molecule has 0 bridgehead atoms. The zero-order chi connectivity index (χ0) is 14.0. The van der Waals surface area contributed by atoms with Gasteiger partial charge in [-0.15, -0.1) is 0 Å². The average molecular weight is 327 g/mol. The second-order valence-corrected chi connectivity index (χ2v) is 4.64. The fourth-order valence-electron chi connectivity index (χ4n) is 1.61. The third-order valence-corrected chi connectivity index (χ3v) is 3.40. The molecule has 0 fully saturated rings. The summed E-state index contributed by atoms with van der Waals surface area (Å²) in [7, 11) is 1.57. The second-order valence-electron chi connectivity index (χ2n) is 3.79. The Hall–Kier alpha value is -2.09.